The van der Waals surface area contributed by atoms with Crippen molar-refractivity contribution < 1.29 is 14.5 Å². The second kappa shape index (κ2) is 8.25. The third kappa shape index (κ3) is 4.99. The number of esters is 1. The number of ether oxygens (including phenoxy) is 1. The Morgan fingerprint density at radius 1 is 1.07 bits per heavy atom. The van der Waals surface area contributed by atoms with Crippen molar-refractivity contribution in [3.05, 3.63) is 98.7 Å². The molecule has 3 rings (SSSR count). The molecule has 0 saturated heterocycles. The molecule has 0 bridgehead atoms. The molecule has 1 aliphatic heterocycles. The number of non-ortho nitro benzene ring substituents is 1. The minimum atomic E-state index is -0.617. The van der Waals surface area contributed by atoms with E-state index in [1.807, 2.05) is 30.3 Å². The van der Waals surface area contributed by atoms with E-state index in [9.17, 15) is 14.9 Å². The summed E-state index contributed by atoms with van der Waals surface area (Å²) in [6.45, 7) is 0. The molecule has 1 aliphatic rings. The van der Waals surface area contributed by atoms with E-state index >= 15 is 0 Å². The highest BCUT2D eigenvalue weighted by atomic mass is 35.5. The predicted molar refractivity (Wildman–Crippen MR) is 104 cm³/mol. The summed E-state index contributed by atoms with van der Waals surface area (Å²) in [6.07, 6.45) is 6.16. The normalized spacial score (nSPS) is 15.9. The zero-order valence-electron chi connectivity index (χ0n) is 13.9. The number of nitrogens with zero attached hydrogens (tertiary/aromatic N) is 2. The Balaban J connectivity index is 1.77. The first kappa shape index (κ1) is 18.3. The first-order valence-corrected chi connectivity index (χ1v) is 8.26. The van der Waals surface area contributed by atoms with Gasteiger partial charge in [0.25, 0.3) is 5.69 Å². The molecule has 0 radical (unpaired) electrons. The van der Waals surface area contributed by atoms with Crippen LogP contribution in [0, 0.1) is 10.1 Å². The van der Waals surface area contributed by atoms with Gasteiger partial charge in [-0.3, -0.25) is 10.1 Å². The SMILES string of the molecule is O=C1OC(C=Cc2cccc([N+](=O)[O-])c2)=NC1=CC(Cl)=Cc1ccccc1. The smallest absolute Gasteiger partial charge is 0.363 e. The molecule has 0 unspecified atom stereocenters. The number of hydrogen-bond donors (Lipinski definition) is 0. The lowest BCUT2D eigenvalue weighted by Crippen LogP contribution is -2.01. The zero-order chi connectivity index (χ0) is 19.2. The van der Waals surface area contributed by atoms with Crippen LogP contribution in [-0.2, 0) is 9.53 Å². The maximum atomic E-state index is 11.9. The standard InChI is InChI=1S/C20H13ClN2O4/c21-16(11-14-5-2-1-3-6-14)13-18-20(24)27-19(22-18)10-9-15-7-4-8-17(12-15)23(25)26/h1-13H. The first-order chi connectivity index (χ1) is 13.0. The van der Waals surface area contributed by atoms with Gasteiger partial charge in [0.2, 0.25) is 5.90 Å². The maximum absolute atomic E-state index is 11.9. The van der Waals surface area contributed by atoms with E-state index in [-0.39, 0.29) is 17.3 Å². The van der Waals surface area contributed by atoms with E-state index in [2.05, 4.69) is 4.99 Å². The highest BCUT2D eigenvalue weighted by Crippen LogP contribution is 2.19. The number of rotatable bonds is 5. The average molecular weight is 381 g/mol. The molecule has 0 amide bonds. The molecule has 0 N–H and O–H groups in total. The van der Waals surface area contributed by atoms with E-state index in [1.165, 1.54) is 24.3 Å². The number of nitro groups is 1. The largest absolute Gasteiger partial charge is 0.403 e. The molecular formula is C20H13ClN2O4. The lowest BCUT2D eigenvalue weighted by atomic mass is 10.2. The van der Waals surface area contributed by atoms with Crippen molar-refractivity contribution in [3.63, 3.8) is 0 Å². The van der Waals surface area contributed by atoms with Gasteiger partial charge < -0.3 is 4.74 Å². The van der Waals surface area contributed by atoms with Crippen LogP contribution in [0.2, 0.25) is 0 Å². The predicted octanol–water partition coefficient (Wildman–Crippen LogP) is 4.73. The van der Waals surface area contributed by atoms with Crippen LogP contribution in [0.25, 0.3) is 12.2 Å². The number of cyclic esters (lactones) is 1. The number of nitro benzene ring substituents is 1. The Kier molecular flexibility index (Phi) is 5.58. The number of hydrogen-bond acceptors (Lipinski definition) is 5. The molecule has 6 nitrogen and oxygen atoms in total. The molecule has 7 heteroatoms. The van der Waals surface area contributed by atoms with Gasteiger partial charge in [-0.2, -0.15) is 0 Å². The minimum Gasteiger partial charge on any atom is -0.403 e. The first-order valence-electron chi connectivity index (χ1n) is 7.88. The van der Waals surface area contributed by atoms with Crippen molar-refractivity contribution in [1.82, 2.24) is 0 Å². The fourth-order valence-corrected chi connectivity index (χ4v) is 2.52. The van der Waals surface area contributed by atoms with Gasteiger partial charge in [-0.25, -0.2) is 9.79 Å². The van der Waals surface area contributed by atoms with Crippen molar-refractivity contribution >= 4 is 41.3 Å². The van der Waals surface area contributed by atoms with E-state index in [4.69, 9.17) is 16.3 Å². The Hall–Kier alpha value is -3.51. The van der Waals surface area contributed by atoms with Gasteiger partial charge in [-0.1, -0.05) is 54.1 Å². The van der Waals surface area contributed by atoms with Crippen LogP contribution >= 0.6 is 11.6 Å². The fourth-order valence-electron chi connectivity index (χ4n) is 2.29. The zero-order valence-corrected chi connectivity index (χ0v) is 14.7. The third-order valence-electron chi connectivity index (χ3n) is 3.52. The van der Waals surface area contributed by atoms with E-state index in [1.54, 1.807) is 24.3 Å². The van der Waals surface area contributed by atoms with Gasteiger partial charge in [-0.15, -0.1) is 0 Å². The quantitative estimate of drug-likeness (QED) is 0.325. The molecule has 0 atom stereocenters. The number of benzene rings is 2. The molecule has 27 heavy (non-hydrogen) atoms. The summed E-state index contributed by atoms with van der Waals surface area (Å²) in [5, 5.41) is 11.1. The van der Waals surface area contributed by atoms with Gasteiger partial charge in [0, 0.05) is 23.2 Å². The van der Waals surface area contributed by atoms with Crippen molar-refractivity contribution in [2.45, 2.75) is 0 Å². The third-order valence-corrected chi connectivity index (χ3v) is 3.73. The van der Waals surface area contributed by atoms with Crippen LogP contribution in [0.4, 0.5) is 5.69 Å². The Morgan fingerprint density at radius 3 is 2.56 bits per heavy atom. The van der Waals surface area contributed by atoms with Gasteiger partial charge in [0.1, 0.15) is 0 Å². The van der Waals surface area contributed by atoms with Crippen LogP contribution in [0.15, 0.2) is 82.5 Å². The highest BCUT2D eigenvalue weighted by Gasteiger charge is 2.21. The van der Waals surface area contributed by atoms with Crippen LogP contribution in [0.1, 0.15) is 11.1 Å². The average Bonchev–Trinajstić information content (AvgIpc) is 3.00. The second-order valence-corrected chi connectivity index (χ2v) is 5.93. The summed E-state index contributed by atoms with van der Waals surface area (Å²) >= 11 is 6.15. The number of halogens is 1. The molecule has 0 saturated carbocycles. The van der Waals surface area contributed by atoms with Crippen LogP contribution < -0.4 is 0 Å². The molecule has 0 fully saturated rings. The van der Waals surface area contributed by atoms with Crippen molar-refractivity contribution in [1.29, 1.82) is 0 Å². The number of carbonyl (C=O) groups is 1. The Morgan fingerprint density at radius 2 is 1.81 bits per heavy atom. The van der Waals surface area contributed by atoms with Crippen LogP contribution in [-0.4, -0.2) is 16.8 Å². The van der Waals surface area contributed by atoms with Gasteiger partial charge in [0.05, 0.1) is 4.92 Å². The summed E-state index contributed by atoms with van der Waals surface area (Å²) in [7, 11) is 0. The Labute approximate surface area is 159 Å². The molecule has 0 aromatic heterocycles. The number of carbonyl (C=O) groups excluding carboxylic acids is 1. The molecule has 1 heterocycles. The molecule has 134 valence electrons. The molecular weight excluding hydrogens is 368 g/mol. The van der Waals surface area contributed by atoms with Gasteiger partial charge in [-0.05, 0) is 29.4 Å². The summed E-state index contributed by atoms with van der Waals surface area (Å²) in [5.41, 5.74) is 1.52. The summed E-state index contributed by atoms with van der Waals surface area (Å²) in [6, 6.07) is 15.5. The van der Waals surface area contributed by atoms with Gasteiger partial charge >= 0.3 is 5.97 Å². The monoisotopic (exact) mass is 380 g/mol. The van der Waals surface area contributed by atoms with E-state index < -0.39 is 10.9 Å². The van der Waals surface area contributed by atoms with Crippen molar-refractivity contribution in [3.8, 4) is 0 Å². The summed E-state index contributed by atoms with van der Waals surface area (Å²) in [5.74, 6) is -0.532. The van der Waals surface area contributed by atoms with Crippen molar-refractivity contribution in [2.75, 3.05) is 0 Å². The van der Waals surface area contributed by atoms with Crippen LogP contribution in [0.5, 0.6) is 0 Å². The lowest BCUT2D eigenvalue weighted by molar-refractivity contribution is -0.384. The maximum Gasteiger partial charge on any atom is 0.363 e. The number of aliphatic imine (C=N–C) groups is 1. The molecule has 2 aromatic rings. The minimum absolute atomic E-state index is 0.0269. The van der Waals surface area contributed by atoms with E-state index in [0.717, 1.165) is 5.56 Å². The second-order valence-electron chi connectivity index (χ2n) is 5.49. The van der Waals surface area contributed by atoms with E-state index in [0.29, 0.717) is 10.6 Å². The van der Waals surface area contributed by atoms with Gasteiger partial charge in [0.15, 0.2) is 5.70 Å². The van der Waals surface area contributed by atoms with Crippen LogP contribution in [0.3, 0.4) is 0 Å². The molecule has 0 spiro atoms. The summed E-state index contributed by atoms with van der Waals surface area (Å²) < 4.78 is 5.06. The molecule has 0 aliphatic carbocycles. The molecule has 2 aromatic carbocycles. The fraction of sp³-hybridized carbons (Fsp3) is 0. The number of allylic oxidation sites excluding steroid dienone is 2. The highest BCUT2D eigenvalue weighted by molar-refractivity contribution is 6.33. The Bertz CT molecular complexity index is 1010. The topological polar surface area (TPSA) is 81.8 Å². The lowest BCUT2D eigenvalue weighted by Gasteiger charge is -1.94. The summed E-state index contributed by atoms with van der Waals surface area (Å²) in [4.78, 5) is 26.3. The van der Waals surface area contributed by atoms with Crippen molar-refractivity contribution in [2.24, 2.45) is 4.99 Å².